The number of carbonyl (C=O) groups excluding carboxylic acids is 1. The summed E-state index contributed by atoms with van der Waals surface area (Å²) in [6.07, 6.45) is 5.21. The van der Waals surface area contributed by atoms with E-state index in [1.165, 1.54) is 18.0 Å². The fourth-order valence-corrected chi connectivity index (χ4v) is 4.04. The molecule has 1 saturated heterocycles. The van der Waals surface area contributed by atoms with Crippen LogP contribution in [0.25, 0.3) is 5.69 Å². The second-order valence-corrected chi connectivity index (χ2v) is 8.26. The first-order valence-corrected chi connectivity index (χ1v) is 11.3. The molecule has 3 heterocycles. The fraction of sp³-hybridized carbons (Fsp3) is 0.375. The highest BCUT2D eigenvalue weighted by Gasteiger charge is 2.21. The van der Waals surface area contributed by atoms with E-state index in [-0.39, 0.29) is 28.7 Å². The van der Waals surface area contributed by atoms with Crippen LogP contribution in [0.15, 0.2) is 43.0 Å². The lowest BCUT2D eigenvalue weighted by Crippen LogP contribution is -2.38. The van der Waals surface area contributed by atoms with Gasteiger partial charge in [-0.15, -0.1) is 0 Å². The molecule has 1 aliphatic rings. The van der Waals surface area contributed by atoms with Crippen LogP contribution < -0.4 is 15.8 Å². The van der Waals surface area contributed by atoms with Crippen molar-refractivity contribution in [2.45, 2.75) is 26.3 Å². The van der Waals surface area contributed by atoms with Gasteiger partial charge in [-0.1, -0.05) is 12.1 Å². The zero-order chi connectivity index (χ0) is 23.9. The molecule has 10 heteroatoms. The number of nitrogens with one attached hydrogen (secondary N) is 1. The first kappa shape index (κ1) is 23.2. The van der Waals surface area contributed by atoms with E-state index < -0.39 is 0 Å². The number of nitriles is 1. The maximum absolute atomic E-state index is 12.6. The van der Waals surface area contributed by atoms with Crippen LogP contribution >= 0.6 is 0 Å². The van der Waals surface area contributed by atoms with Crippen LogP contribution in [0.2, 0.25) is 0 Å². The monoisotopic (exact) mass is 460 g/mol. The van der Waals surface area contributed by atoms with Crippen molar-refractivity contribution >= 4 is 11.6 Å². The topological polar surface area (TPSA) is 135 Å². The Morgan fingerprint density at radius 2 is 2.06 bits per heavy atom. The number of ether oxygens (including phenoxy) is 1. The van der Waals surface area contributed by atoms with Gasteiger partial charge < -0.3 is 15.8 Å². The highest BCUT2D eigenvalue weighted by Crippen LogP contribution is 2.23. The van der Waals surface area contributed by atoms with Crippen molar-refractivity contribution in [1.82, 2.24) is 30.0 Å². The molecule has 0 atom stereocenters. The van der Waals surface area contributed by atoms with Gasteiger partial charge in [0.1, 0.15) is 30.0 Å². The van der Waals surface area contributed by atoms with Crippen molar-refractivity contribution in [3.8, 4) is 17.6 Å². The third kappa shape index (κ3) is 5.50. The molecule has 4 rings (SSSR count). The molecule has 0 saturated carbocycles. The molecule has 2 aromatic heterocycles. The van der Waals surface area contributed by atoms with Crippen molar-refractivity contribution in [1.29, 1.82) is 5.26 Å². The molecule has 0 spiro atoms. The maximum atomic E-state index is 12.6. The Morgan fingerprint density at radius 3 is 2.71 bits per heavy atom. The number of amides is 1. The minimum absolute atomic E-state index is 0.0952. The predicted octanol–water partition coefficient (Wildman–Crippen LogP) is 2.16. The lowest BCUT2D eigenvalue weighted by Gasteiger charge is -2.32. The van der Waals surface area contributed by atoms with Crippen molar-refractivity contribution in [2.24, 2.45) is 5.92 Å². The number of nitrogen functional groups attached to an aromatic ring is 1. The van der Waals surface area contributed by atoms with Crippen LogP contribution in [0.3, 0.4) is 0 Å². The van der Waals surface area contributed by atoms with Gasteiger partial charge >= 0.3 is 0 Å². The van der Waals surface area contributed by atoms with Crippen LogP contribution in [0.1, 0.15) is 41.4 Å². The third-order valence-electron chi connectivity index (χ3n) is 5.93. The number of carbonyl (C=O) groups is 1. The summed E-state index contributed by atoms with van der Waals surface area (Å²) < 4.78 is 7.11. The van der Waals surface area contributed by atoms with Gasteiger partial charge in [-0.25, -0.2) is 14.6 Å². The van der Waals surface area contributed by atoms with Gasteiger partial charge in [-0.2, -0.15) is 10.4 Å². The summed E-state index contributed by atoms with van der Waals surface area (Å²) in [4.78, 5) is 23.2. The largest absolute Gasteiger partial charge is 0.477 e. The van der Waals surface area contributed by atoms with E-state index in [4.69, 9.17) is 10.5 Å². The molecule has 0 aliphatic carbocycles. The van der Waals surface area contributed by atoms with Crippen LogP contribution in [0, 0.1) is 17.2 Å². The fourth-order valence-electron chi connectivity index (χ4n) is 4.04. The number of nitrogens with two attached hydrogens (primary N) is 1. The number of anilines is 1. The van der Waals surface area contributed by atoms with Gasteiger partial charge in [0.15, 0.2) is 0 Å². The molecular formula is C24H28N8O2. The molecule has 3 N–H and O–H groups in total. The van der Waals surface area contributed by atoms with Crippen molar-refractivity contribution in [3.63, 3.8) is 0 Å². The molecule has 34 heavy (non-hydrogen) atoms. The lowest BCUT2D eigenvalue weighted by atomic mass is 9.96. The first-order chi connectivity index (χ1) is 16.6. The Morgan fingerprint density at radius 1 is 1.29 bits per heavy atom. The lowest BCUT2D eigenvalue weighted by molar-refractivity contribution is 0.0929. The molecule has 0 radical (unpaired) electrons. The molecule has 3 aromatic rings. The minimum Gasteiger partial charge on any atom is -0.477 e. The molecule has 1 aromatic carbocycles. The van der Waals surface area contributed by atoms with E-state index >= 15 is 0 Å². The van der Waals surface area contributed by atoms with Crippen LogP contribution in [-0.4, -0.2) is 56.8 Å². The number of piperidine rings is 1. The summed E-state index contributed by atoms with van der Waals surface area (Å²) >= 11 is 0. The zero-order valence-electron chi connectivity index (χ0n) is 19.1. The summed E-state index contributed by atoms with van der Waals surface area (Å²) in [7, 11) is 0. The third-order valence-corrected chi connectivity index (χ3v) is 5.93. The molecular weight excluding hydrogens is 432 g/mol. The number of hydrogen-bond donors (Lipinski definition) is 2. The normalized spacial score (nSPS) is 14.5. The Labute approximate surface area is 198 Å². The van der Waals surface area contributed by atoms with E-state index in [0.29, 0.717) is 19.1 Å². The molecule has 10 nitrogen and oxygen atoms in total. The Kier molecular flexibility index (Phi) is 7.34. The van der Waals surface area contributed by atoms with Crippen molar-refractivity contribution in [2.75, 3.05) is 32.0 Å². The number of benzene rings is 1. The Balaban J connectivity index is 1.25. The van der Waals surface area contributed by atoms with Gasteiger partial charge in [0.2, 0.25) is 5.88 Å². The maximum Gasteiger partial charge on any atom is 0.270 e. The molecule has 1 amide bonds. The predicted molar refractivity (Wildman–Crippen MR) is 126 cm³/mol. The summed E-state index contributed by atoms with van der Waals surface area (Å²) in [5, 5.41) is 16.3. The van der Waals surface area contributed by atoms with Crippen LogP contribution in [0.4, 0.5) is 5.69 Å². The Bertz CT molecular complexity index is 1150. The van der Waals surface area contributed by atoms with E-state index in [9.17, 15) is 10.1 Å². The number of aromatic nitrogens is 4. The van der Waals surface area contributed by atoms with Crippen LogP contribution in [-0.2, 0) is 6.54 Å². The summed E-state index contributed by atoms with van der Waals surface area (Å²) in [5.41, 5.74) is 8.66. The van der Waals surface area contributed by atoms with Crippen molar-refractivity contribution < 1.29 is 9.53 Å². The zero-order valence-corrected chi connectivity index (χ0v) is 19.1. The second kappa shape index (κ2) is 10.8. The quantitative estimate of drug-likeness (QED) is 0.522. The number of pyridine rings is 1. The van der Waals surface area contributed by atoms with Crippen LogP contribution in [0.5, 0.6) is 5.88 Å². The number of rotatable bonds is 8. The van der Waals surface area contributed by atoms with Gasteiger partial charge in [0.05, 0.1) is 18.0 Å². The number of nitrogens with zero attached hydrogens (tertiary/aromatic N) is 6. The van der Waals surface area contributed by atoms with Crippen molar-refractivity contribution in [3.05, 3.63) is 59.8 Å². The van der Waals surface area contributed by atoms with E-state index in [1.807, 2.05) is 18.2 Å². The summed E-state index contributed by atoms with van der Waals surface area (Å²) in [6.45, 7) is 5.53. The van der Waals surface area contributed by atoms with Gasteiger partial charge in [0, 0.05) is 13.1 Å². The average Bonchev–Trinajstić information content (AvgIpc) is 3.39. The van der Waals surface area contributed by atoms with E-state index in [1.54, 1.807) is 17.9 Å². The van der Waals surface area contributed by atoms with Gasteiger partial charge in [-0.05, 0) is 62.5 Å². The van der Waals surface area contributed by atoms with Gasteiger partial charge in [0.25, 0.3) is 5.91 Å². The van der Waals surface area contributed by atoms with E-state index in [2.05, 4.69) is 37.4 Å². The first-order valence-electron chi connectivity index (χ1n) is 11.3. The number of likely N-dealkylation sites (tertiary alicyclic amines) is 1. The van der Waals surface area contributed by atoms with Gasteiger partial charge in [-0.3, -0.25) is 9.69 Å². The smallest absolute Gasteiger partial charge is 0.270 e. The molecule has 0 bridgehead atoms. The summed E-state index contributed by atoms with van der Waals surface area (Å²) in [5.74, 6) is 0.182. The number of hydrogen-bond acceptors (Lipinski definition) is 8. The Hall–Kier alpha value is -3.97. The highest BCUT2D eigenvalue weighted by molar-refractivity contribution is 5.93. The molecule has 1 aliphatic heterocycles. The SMILES string of the molecule is CCOc1nc(C(=O)NCC2CCN(Cc3ccc(-n4cncn4)cc3)CC2)cc(N)c1C#N. The molecule has 1 fully saturated rings. The van der Waals surface area contributed by atoms with E-state index in [0.717, 1.165) is 38.2 Å². The highest BCUT2D eigenvalue weighted by atomic mass is 16.5. The summed E-state index contributed by atoms with van der Waals surface area (Å²) in [6, 6.07) is 11.7. The second-order valence-electron chi connectivity index (χ2n) is 8.26. The molecule has 0 unspecified atom stereocenters. The minimum atomic E-state index is -0.313. The molecule has 176 valence electrons. The average molecular weight is 461 g/mol. The standard InChI is InChI=1S/C24H28N8O2/c1-2-34-24-20(12-25)21(26)11-22(30-24)23(33)28-13-17-7-9-31(10-8-17)14-18-3-5-19(6-4-18)32-16-27-15-29-32/h3-6,11,15-17H,2,7-10,13-14H2,1H3,(H2,26,30)(H,28,33).